The Kier molecular flexibility index (Phi) is 5.68. The van der Waals surface area contributed by atoms with E-state index in [1.807, 2.05) is 44.4 Å². The molecular formula is C28H26N6O2. The Morgan fingerprint density at radius 2 is 1.89 bits per heavy atom. The number of ether oxygens (including phenoxy) is 1. The largest absolute Gasteiger partial charge is 0.381 e. The van der Waals surface area contributed by atoms with Crippen molar-refractivity contribution in [2.75, 3.05) is 13.2 Å². The number of hydrogen-bond acceptors (Lipinski definition) is 6. The predicted molar refractivity (Wildman–Crippen MR) is 138 cm³/mol. The molecule has 0 saturated carbocycles. The van der Waals surface area contributed by atoms with Crippen LogP contribution in [0.15, 0.2) is 65.8 Å². The van der Waals surface area contributed by atoms with Gasteiger partial charge in [0.1, 0.15) is 0 Å². The molecule has 8 heteroatoms. The average Bonchev–Trinajstić information content (AvgIpc) is 3.41. The Morgan fingerprint density at radius 3 is 2.61 bits per heavy atom. The van der Waals surface area contributed by atoms with Crippen molar-refractivity contribution in [3.63, 3.8) is 0 Å². The minimum Gasteiger partial charge on any atom is -0.381 e. The summed E-state index contributed by atoms with van der Waals surface area (Å²) in [5.74, 6) is 0.377. The van der Waals surface area contributed by atoms with E-state index in [0.717, 1.165) is 64.9 Å². The molecule has 0 radical (unpaired) electrons. The molecular weight excluding hydrogens is 452 g/mol. The molecule has 8 nitrogen and oxygen atoms in total. The molecule has 1 fully saturated rings. The summed E-state index contributed by atoms with van der Waals surface area (Å²) >= 11 is 0. The number of hydrogen-bond donors (Lipinski definition) is 0. The molecule has 1 atom stereocenters. The first-order valence-corrected chi connectivity index (χ1v) is 12.2. The summed E-state index contributed by atoms with van der Waals surface area (Å²) in [6.07, 6.45) is 5.50. The number of aromatic nitrogens is 5. The van der Waals surface area contributed by atoms with Crippen LogP contribution in [0.5, 0.6) is 0 Å². The Bertz CT molecular complexity index is 1590. The van der Waals surface area contributed by atoms with E-state index >= 15 is 0 Å². The van der Waals surface area contributed by atoms with Gasteiger partial charge in [-0.25, -0.2) is 9.48 Å². The van der Waals surface area contributed by atoms with Crippen LogP contribution in [0.3, 0.4) is 0 Å². The zero-order chi connectivity index (χ0) is 24.6. The number of benzene rings is 2. The fourth-order valence-corrected chi connectivity index (χ4v) is 5.62. The molecule has 0 N–H and O–H groups in total. The van der Waals surface area contributed by atoms with Crippen molar-refractivity contribution < 1.29 is 9.53 Å². The van der Waals surface area contributed by atoms with Gasteiger partial charge in [0.25, 0.3) is 0 Å². The maximum atomic E-state index is 11.1. The molecule has 180 valence electrons. The first-order chi connectivity index (χ1) is 17.7. The number of rotatable bonds is 5. The van der Waals surface area contributed by atoms with Gasteiger partial charge in [0.15, 0.2) is 0 Å². The molecule has 2 aromatic carbocycles. The van der Waals surface area contributed by atoms with E-state index in [0.29, 0.717) is 11.6 Å². The van der Waals surface area contributed by atoms with Gasteiger partial charge in [0.2, 0.25) is 6.08 Å². The zero-order valence-electron chi connectivity index (χ0n) is 20.3. The van der Waals surface area contributed by atoms with Crippen molar-refractivity contribution in [1.29, 1.82) is 0 Å². The van der Waals surface area contributed by atoms with Gasteiger partial charge in [0, 0.05) is 37.4 Å². The van der Waals surface area contributed by atoms with Gasteiger partial charge in [-0.3, -0.25) is 4.98 Å². The standard InChI is InChI=1S/C28H26N6O2/c1-18-27(33(2)32-31-18)21-14-25-26(29-16-21)23-9-8-22(30-17-35)15-24(23)34(25)28(19-6-4-3-5-7-19)20-10-12-36-13-11-20/h3-9,14-16,20,28H,10-13H2,1-2H3/t28-/m1/s1. The molecule has 0 amide bonds. The molecule has 4 heterocycles. The fourth-order valence-electron chi connectivity index (χ4n) is 5.62. The second kappa shape index (κ2) is 9.15. The maximum absolute atomic E-state index is 11.1. The Labute approximate surface area is 208 Å². The van der Waals surface area contributed by atoms with Crippen LogP contribution in [0, 0.1) is 12.8 Å². The van der Waals surface area contributed by atoms with Crippen molar-refractivity contribution in [1.82, 2.24) is 24.5 Å². The topological polar surface area (TPSA) is 87.2 Å². The number of aryl methyl sites for hydroxylation is 2. The summed E-state index contributed by atoms with van der Waals surface area (Å²) in [6, 6.07) is 18.7. The molecule has 0 spiro atoms. The van der Waals surface area contributed by atoms with E-state index < -0.39 is 0 Å². The number of carbonyl (C=O) groups excluding carboxylic acids is 1. The highest BCUT2D eigenvalue weighted by atomic mass is 16.5. The van der Waals surface area contributed by atoms with Gasteiger partial charge < -0.3 is 9.30 Å². The lowest BCUT2D eigenvalue weighted by Crippen LogP contribution is -2.26. The fraction of sp³-hybridized carbons (Fsp3) is 0.286. The molecule has 1 aliphatic heterocycles. The van der Waals surface area contributed by atoms with Crippen LogP contribution in [0.2, 0.25) is 0 Å². The van der Waals surface area contributed by atoms with Crippen molar-refractivity contribution in [2.24, 2.45) is 18.0 Å². The molecule has 1 aliphatic rings. The van der Waals surface area contributed by atoms with Crippen LogP contribution in [0.4, 0.5) is 5.69 Å². The van der Waals surface area contributed by atoms with Gasteiger partial charge in [-0.1, -0.05) is 35.5 Å². The van der Waals surface area contributed by atoms with E-state index in [9.17, 15) is 4.79 Å². The number of fused-ring (bicyclic) bond motifs is 3. The van der Waals surface area contributed by atoms with Crippen LogP contribution in [0.1, 0.15) is 30.1 Å². The highest BCUT2D eigenvalue weighted by Gasteiger charge is 2.30. The van der Waals surface area contributed by atoms with E-state index in [-0.39, 0.29) is 6.04 Å². The van der Waals surface area contributed by atoms with Gasteiger partial charge >= 0.3 is 0 Å². The second-order valence-electron chi connectivity index (χ2n) is 9.32. The normalized spacial score (nSPS) is 15.3. The molecule has 5 aromatic rings. The predicted octanol–water partition coefficient (Wildman–Crippen LogP) is 5.28. The SMILES string of the molecule is Cc1nnn(C)c1-c1cnc2c3ccc(N=C=O)cc3n([C@H](c3ccccc3)C3CCOCC3)c2c1. The number of aliphatic imine (C=N–C) groups is 1. The molecule has 0 unspecified atom stereocenters. The third-order valence-electron chi connectivity index (χ3n) is 7.20. The summed E-state index contributed by atoms with van der Waals surface area (Å²) in [5, 5.41) is 9.46. The van der Waals surface area contributed by atoms with Gasteiger partial charge in [-0.15, -0.1) is 5.10 Å². The van der Waals surface area contributed by atoms with Gasteiger partial charge in [-0.05, 0) is 55.5 Å². The van der Waals surface area contributed by atoms with E-state index in [1.54, 1.807) is 10.8 Å². The Hall–Kier alpha value is -4.13. The summed E-state index contributed by atoms with van der Waals surface area (Å²) in [7, 11) is 1.90. The minimum atomic E-state index is 0.0633. The third kappa shape index (κ3) is 3.71. The minimum absolute atomic E-state index is 0.0633. The maximum Gasteiger partial charge on any atom is 0.240 e. The molecule has 36 heavy (non-hydrogen) atoms. The van der Waals surface area contributed by atoms with Gasteiger partial charge in [-0.2, -0.15) is 4.99 Å². The summed E-state index contributed by atoms with van der Waals surface area (Å²) in [4.78, 5) is 19.9. The van der Waals surface area contributed by atoms with Crippen molar-refractivity contribution in [3.05, 3.63) is 72.1 Å². The average molecular weight is 479 g/mol. The summed E-state index contributed by atoms with van der Waals surface area (Å²) < 4.78 is 9.90. The highest BCUT2D eigenvalue weighted by molar-refractivity contribution is 6.07. The molecule has 3 aromatic heterocycles. The van der Waals surface area contributed by atoms with Crippen molar-refractivity contribution in [3.8, 4) is 11.3 Å². The summed E-state index contributed by atoms with van der Waals surface area (Å²) in [5.41, 5.74) is 7.49. The van der Waals surface area contributed by atoms with E-state index in [2.05, 4.69) is 50.2 Å². The Morgan fingerprint density at radius 1 is 1.08 bits per heavy atom. The van der Waals surface area contributed by atoms with Crippen LogP contribution >= 0.6 is 0 Å². The number of nitrogens with zero attached hydrogens (tertiary/aromatic N) is 6. The molecule has 0 bridgehead atoms. The quantitative estimate of drug-likeness (QED) is 0.253. The van der Waals surface area contributed by atoms with Crippen LogP contribution in [0.25, 0.3) is 33.2 Å². The van der Waals surface area contributed by atoms with Crippen molar-refractivity contribution in [2.45, 2.75) is 25.8 Å². The monoisotopic (exact) mass is 478 g/mol. The number of pyridine rings is 1. The Balaban J connectivity index is 1.69. The lowest BCUT2D eigenvalue weighted by molar-refractivity contribution is 0.0553. The van der Waals surface area contributed by atoms with E-state index in [4.69, 9.17) is 9.72 Å². The highest BCUT2D eigenvalue weighted by Crippen LogP contribution is 2.42. The van der Waals surface area contributed by atoms with Crippen LogP contribution < -0.4 is 0 Å². The van der Waals surface area contributed by atoms with Crippen LogP contribution in [-0.2, 0) is 16.6 Å². The van der Waals surface area contributed by atoms with Gasteiger partial charge in [0.05, 0.1) is 39.7 Å². The third-order valence-corrected chi connectivity index (χ3v) is 7.20. The number of isocyanates is 1. The second-order valence-corrected chi connectivity index (χ2v) is 9.32. The van der Waals surface area contributed by atoms with E-state index in [1.165, 1.54) is 5.56 Å². The lowest BCUT2D eigenvalue weighted by Gasteiger charge is -2.33. The zero-order valence-corrected chi connectivity index (χ0v) is 20.3. The first kappa shape index (κ1) is 22.3. The summed E-state index contributed by atoms with van der Waals surface area (Å²) in [6.45, 7) is 3.45. The van der Waals surface area contributed by atoms with Crippen molar-refractivity contribution >= 4 is 33.7 Å². The lowest BCUT2D eigenvalue weighted by atomic mass is 9.86. The molecule has 0 aliphatic carbocycles. The molecule has 1 saturated heterocycles. The molecule has 6 rings (SSSR count). The smallest absolute Gasteiger partial charge is 0.240 e. The first-order valence-electron chi connectivity index (χ1n) is 12.2. The van der Waals surface area contributed by atoms with Crippen LogP contribution in [-0.4, -0.2) is 43.8 Å².